The number of primary sulfonamides is 4. The molecule has 42 nitrogen and oxygen atoms in total. The molecule has 0 saturated carbocycles. The van der Waals surface area contributed by atoms with Gasteiger partial charge in [-0.05, 0) is 151 Å². The molecule has 0 aliphatic heterocycles. The summed E-state index contributed by atoms with van der Waals surface area (Å²) in [7, 11) is -15.0. The van der Waals surface area contributed by atoms with Crippen molar-refractivity contribution in [1.29, 1.82) is 0 Å². The topological polar surface area (TPSA) is 657 Å². The number of rotatable bonds is 22. The molecule has 0 amide bonds. The largest absolute Gasteiger partial charge is 0.369 e. The standard InChI is InChI=1S/C19H18N8O2S.C18H16N8O2S.C15H14N8O2S2.C14H18N10O2S/c20-18-23-19(22-14-6-9-16(10-7-14)30(21,28)29)26-27(18)17-11-8-15(24-25-17)12-13-4-2-1-3-5-13;19-17-22-18(21-13-6-8-14(9-7-13)29(20,27)28)25-26(17)16-11-10-15(23-24-16)12-4-2-1-3-5-12;1-8-6-26-12-11(8)18-7-19-13(12)23-14(16)21-15(22-23)20-9-2-4-10(5-3-9)27(17,24)25;15-6-8-18-11-5-7-19-14(21-11)24-12(16)22-13(23-24)20-9-1-3-10(4-2-9)27(17,25)26/h1-11H,12H2,(H2,21,28,29)(H3,20,22,23,26);1-11H,(H2,20,27,28)(H3,19,21,22,25);2-7H,1H3,(H2,17,24,25)(H3,16,20,21,22);1-5,7H,6,8,15H2,(H2,17,25,26)(H,18,19,21)(H3,16,20,22,23). The van der Waals surface area contributed by atoms with E-state index in [1.807, 2.05) is 85.1 Å². The average molecular weight is 1620 g/mol. The number of nitrogens with one attached hydrogen (secondary N) is 5. The van der Waals surface area contributed by atoms with Crippen molar-refractivity contribution < 1.29 is 33.7 Å². The normalized spacial score (nSPS) is 11.5. The van der Waals surface area contributed by atoms with Gasteiger partial charge >= 0.3 is 0 Å². The summed E-state index contributed by atoms with van der Waals surface area (Å²) in [5.74, 6) is 3.57. The van der Waals surface area contributed by atoms with Gasteiger partial charge in [-0.15, -0.1) is 47.0 Å². The number of nitrogen functional groups attached to an aromatic ring is 4. The fourth-order valence-corrected chi connectivity index (χ4v) is 13.0. The minimum absolute atomic E-state index is 0.00115. The lowest BCUT2D eigenvalue weighted by molar-refractivity contribution is 0.596. The molecular weight excluding hydrogens is 1560 g/mol. The highest BCUT2D eigenvalue weighted by molar-refractivity contribution is 7.90. The highest BCUT2D eigenvalue weighted by Crippen LogP contribution is 2.30. The lowest BCUT2D eigenvalue weighted by Gasteiger charge is -2.05. The van der Waals surface area contributed by atoms with Crippen molar-refractivity contribution in [1.82, 2.24) is 99.4 Å². The number of aryl methyl sites for hydroxylation is 1. The molecule has 15 aromatic rings. The Balaban J connectivity index is 0.000000140. The van der Waals surface area contributed by atoms with Crippen LogP contribution in [-0.2, 0) is 46.5 Å². The smallest absolute Gasteiger partial charge is 0.255 e. The van der Waals surface area contributed by atoms with Crippen LogP contribution in [0, 0.1) is 6.92 Å². The second-order valence-electron chi connectivity index (χ2n) is 23.5. The van der Waals surface area contributed by atoms with Gasteiger partial charge in [-0.25, -0.2) is 69.2 Å². The van der Waals surface area contributed by atoms with Crippen LogP contribution in [-0.4, -0.2) is 146 Å². The lowest BCUT2D eigenvalue weighted by atomic mass is 10.1. The van der Waals surface area contributed by atoms with E-state index in [1.165, 1.54) is 97.1 Å². The van der Waals surface area contributed by atoms with E-state index in [2.05, 4.69) is 107 Å². The summed E-state index contributed by atoms with van der Waals surface area (Å²) in [6, 6.07) is 51.9. The summed E-state index contributed by atoms with van der Waals surface area (Å²) in [6.07, 6.45) is 3.68. The predicted molar refractivity (Wildman–Crippen MR) is 422 cm³/mol. The van der Waals surface area contributed by atoms with E-state index in [0.717, 1.165) is 38.3 Å². The quantitative estimate of drug-likeness (QED) is 0.0450. The highest BCUT2D eigenvalue weighted by atomic mass is 32.2. The molecule has 0 bridgehead atoms. The molecular formula is C66H66N34O8S5. The summed E-state index contributed by atoms with van der Waals surface area (Å²) < 4.78 is 96.8. The number of nitrogens with zero attached hydrogens (tertiary/aromatic N) is 20. The molecule has 9 aromatic heterocycles. The minimum Gasteiger partial charge on any atom is -0.369 e. The summed E-state index contributed by atoms with van der Waals surface area (Å²) in [5, 5.41) is 71.1. The van der Waals surface area contributed by atoms with Crippen LogP contribution in [0.4, 0.5) is 76.2 Å². The summed E-state index contributed by atoms with van der Waals surface area (Å²) in [4.78, 5) is 33.6. The van der Waals surface area contributed by atoms with Crippen molar-refractivity contribution in [3.05, 3.63) is 223 Å². The van der Waals surface area contributed by atoms with E-state index in [0.29, 0.717) is 65.5 Å². The van der Waals surface area contributed by atoms with Crippen LogP contribution < -0.4 is 75.8 Å². The third kappa shape index (κ3) is 20.3. The molecule has 0 saturated heterocycles. The lowest BCUT2D eigenvalue weighted by Crippen LogP contribution is -2.15. The number of sulfonamides is 4. The first kappa shape index (κ1) is 78.5. The van der Waals surface area contributed by atoms with Gasteiger partial charge in [0.2, 0.25) is 87.7 Å². The van der Waals surface area contributed by atoms with Gasteiger partial charge in [-0.3, -0.25) is 0 Å². The fraction of sp³-hybridized carbons (Fsp3) is 0.0606. The summed E-state index contributed by atoms with van der Waals surface area (Å²) in [6.45, 7) is 2.99. The Morgan fingerprint density at radius 1 is 0.425 bits per heavy atom. The zero-order chi connectivity index (χ0) is 80.2. The van der Waals surface area contributed by atoms with Gasteiger partial charge in [0.05, 0.1) is 41.2 Å². The van der Waals surface area contributed by atoms with Gasteiger partial charge in [-0.2, -0.15) is 48.7 Å². The minimum atomic E-state index is -3.76. The van der Waals surface area contributed by atoms with E-state index >= 15 is 0 Å². The van der Waals surface area contributed by atoms with Crippen molar-refractivity contribution in [3.63, 3.8) is 0 Å². The van der Waals surface area contributed by atoms with E-state index in [-0.39, 0.29) is 73.1 Å². The molecule has 0 aliphatic rings. The van der Waals surface area contributed by atoms with Gasteiger partial charge in [0.15, 0.2) is 17.5 Å². The second-order valence-corrected chi connectivity index (χ2v) is 30.7. The third-order valence-corrected chi connectivity index (χ3v) is 20.2. The molecule has 23 N–H and O–H groups in total. The van der Waals surface area contributed by atoms with Gasteiger partial charge in [0.1, 0.15) is 12.1 Å². The average Bonchev–Trinajstić information content (AvgIpc) is 1.70. The Bertz CT molecular complexity index is 6310. The van der Waals surface area contributed by atoms with Crippen molar-refractivity contribution in [3.8, 4) is 34.7 Å². The Hall–Kier alpha value is -14.0. The zero-order valence-electron chi connectivity index (χ0n) is 58.7. The van der Waals surface area contributed by atoms with Crippen LogP contribution in [0.2, 0.25) is 0 Å². The number of hydrogen-bond donors (Lipinski definition) is 14. The van der Waals surface area contributed by atoms with Crippen molar-refractivity contribution in [2.24, 2.45) is 26.3 Å². The number of thiophene rings is 1. The second kappa shape index (κ2) is 33.8. The molecule has 0 atom stereocenters. The molecule has 47 heteroatoms. The monoisotopic (exact) mass is 1620 g/mol. The molecule has 0 unspecified atom stereocenters. The fourth-order valence-electron chi connectivity index (χ4n) is 10.0. The number of benzene rings is 6. The molecule has 9 heterocycles. The van der Waals surface area contributed by atoms with Crippen LogP contribution >= 0.6 is 11.3 Å². The maximum atomic E-state index is 11.3. The highest BCUT2D eigenvalue weighted by Gasteiger charge is 2.20. The van der Waals surface area contributed by atoms with Gasteiger partial charge in [0, 0.05) is 54.0 Å². The third-order valence-electron chi connectivity index (χ3n) is 15.4. The van der Waals surface area contributed by atoms with E-state index in [4.69, 9.17) is 49.2 Å². The van der Waals surface area contributed by atoms with Crippen molar-refractivity contribution in [2.75, 3.05) is 62.6 Å². The van der Waals surface area contributed by atoms with Crippen LogP contribution in [0.25, 0.3) is 44.9 Å². The molecule has 0 radical (unpaired) electrons. The van der Waals surface area contributed by atoms with E-state index < -0.39 is 40.1 Å². The van der Waals surface area contributed by atoms with Crippen molar-refractivity contribution in [2.45, 2.75) is 32.9 Å². The Morgan fingerprint density at radius 2 is 0.841 bits per heavy atom. The first-order chi connectivity index (χ1) is 54.0. The van der Waals surface area contributed by atoms with Crippen molar-refractivity contribution >= 4 is 138 Å². The van der Waals surface area contributed by atoms with E-state index in [1.54, 1.807) is 60.8 Å². The molecule has 0 spiro atoms. The van der Waals surface area contributed by atoms with Crippen LogP contribution in [0.5, 0.6) is 0 Å². The number of aromatic nitrogens is 20. The molecule has 113 heavy (non-hydrogen) atoms. The van der Waals surface area contributed by atoms with Crippen LogP contribution in [0.15, 0.2) is 226 Å². The molecule has 578 valence electrons. The number of hydrogen-bond acceptors (Lipinski definition) is 35. The molecule has 0 aliphatic carbocycles. The van der Waals surface area contributed by atoms with Gasteiger partial charge < -0.3 is 55.3 Å². The summed E-state index contributed by atoms with van der Waals surface area (Å²) in [5.41, 5.74) is 37.0. The SMILES string of the molecule is Cc1csc2c(-n3nc(Nc4ccc(S(N)(=O)=O)cc4)nc3N)ncnc12.NCCNc1ccnc(-n2nc(Nc3ccc(S(N)(=O)=O)cc3)nc2N)n1.Nc1nc(Nc2ccc(S(N)(=O)=O)cc2)nn1-c1ccc(-c2ccccc2)nn1.Nc1nc(Nc2ccc(S(N)(=O)=O)cc2)nn1-c1ccc(Cc2ccccc2)nn1. The molecule has 15 rings (SSSR count). The molecule has 6 aromatic carbocycles. The van der Waals surface area contributed by atoms with Gasteiger partial charge in [-0.1, -0.05) is 60.7 Å². The first-order valence-corrected chi connectivity index (χ1v) is 39.8. The number of anilines is 13. The first-order valence-electron chi connectivity index (χ1n) is 32.7. The maximum absolute atomic E-state index is 11.3. The molecule has 0 fully saturated rings. The van der Waals surface area contributed by atoms with Crippen LogP contribution in [0.1, 0.15) is 16.8 Å². The number of fused-ring (bicyclic) bond motifs is 1. The number of nitrogens with two attached hydrogens (primary N) is 9. The zero-order valence-corrected chi connectivity index (χ0v) is 62.8. The Morgan fingerprint density at radius 3 is 1.27 bits per heavy atom. The maximum Gasteiger partial charge on any atom is 0.255 e. The Labute approximate surface area is 646 Å². The van der Waals surface area contributed by atoms with Crippen LogP contribution in [0.3, 0.4) is 0 Å². The summed E-state index contributed by atoms with van der Waals surface area (Å²) >= 11 is 1.50. The Kier molecular flexibility index (Phi) is 23.5. The predicted octanol–water partition coefficient (Wildman–Crippen LogP) is 4.27. The van der Waals surface area contributed by atoms with Gasteiger partial charge in [0.25, 0.3) is 5.95 Å². The van der Waals surface area contributed by atoms with E-state index in [9.17, 15) is 33.7 Å².